The van der Waals surface area contributed by atoms with Crippen LogP contribution in [0.4, 0.5) is 10.2 Å². The Labute approximate surface area is 210 Å². The Balaban J connectivity index is 1.71. The molecule has 1 atom stereocenters. The van der Waals surface area contributed by atoms with Crippen LogP contribution in [-0.2, 0) is 11.3 Å². The van der Waals surface area contributed by atoms with Crippen LogP contribution in [0.3, 0.4) is 0 Å². The first-order valence-corrected chi connectivity index (χ1v) is 12.6. The maximum atomic E-state index is 14.2. The summed E-state index contributed by atoms with van der Waals surface area (Å²) in [5.74, 6) is 0.636. The number of aromatic nitrogens is 2. The Morgan fingerprint density at radius 1 is 1.24 bits per heavy atom. The van der Waals surface area contributed by atoms with Gasteiger partial charge in [0, 0.05) is 58.8 Å². The molecule has 1 amide bonds. The molecule has 1 fully saturated rings. The molecule has 0 spiro atoms. The molecule has 1 unspecified atom stereocenters. The van der Waals surface area contributed by atoms with Crippen molar-refractivity contribution in [3.05, 3.63) is 63.3 Å². The van der Waals surface area contributed by atoms with E-state index in [1.54, 1.807) is 33.4 Å². The standard InChI is InChI=1S/C24H21Cl2FN4O2S/c1-3-19(32)29-4-5-30(13(2)12-29)23-17-11-18(26)20(14-8-15(25)10-16(27)9-14)22-21(17)31(6-7-34-22)24(33)28-23/h3,8-11,13H,1,4-7,12H2,2H3. The SMILES string of the molecule is C=CC(=O)N1CCN(c2nc(=O)n3c4c(c(-c5cc(F)cc(Cl)c5)c(Cl)cc24)SCC3)C(C)C1. The number of carbonyl (C=O) groups excluding carboxylic acids is 1. The van der Waals surface area contributed by atoms with Gasteiger partial charge in [-0.25, -0.2) is 9.18 Å². The van der Waals surface area contributed by atoms with Gasteiger partial charge in [-0.1, -0.05) is 29.8 Å². The Morgan fingerprint density at radius 2 is 2.03 bits per heavy atom. The number of carbonyl (C=O) groups is 1. The van der Waals surface area contributed by atoms with E-state index in [1.807, 2.05) is 11.8 Å². The normalized spacial score (nSPS) is 17.8. The van der Waals surface area contributed by atoms with E-state index in [2.05, 4.69) is 11.6 Å². The van der Waals surface area contributed by atoms with E-state index >= 15 is 0 Å². The maximum absolute atomic E-state index is 14.2. The van der Waals surface area contributed by atoms with Crippen molar-refractivity contribution in [2.24, 2.45) is 0 Å². The van der Waals surface area contributed by atoms with Crippen LogP contribution in [0, 0.1) is 5.82 Å². The zero-order chi connectivity index (χ0) is 24.1. The lowest BCUT2D eigenvalue weighted by Gasteiger charge is -2.40. The second-order valence-electron chi connectivity index (χ2n) is 8.37. The lowest BCUT2D eigenvalue weighted by Crippen LogP contribution is -2.54. The molecule has 0 bridgehead atoms. The van der Waals surface area contributed by atoms with Gasteiger partial charge >= 0.3 is 5.69 Å². The monoisotopic (exact) mass is 518 g/mol. The smallest absolute Gasteiger partial charge is 0.350 e. The van der Waals surface area contributed by atoms with Crippen molar-refractivity contribution in [1.82, 2.24) is 14.5 Å². The summed E-state index contributed by atoms with van der Waals surface area (Å²) >= 11 is 14.5. The molecule has 2 aromatic carbocycles. The van der Waals surface area contributed by atoms with E-state index in [9.17, 15) is 14.0 Å². The third-order valence-corrected chi connectivity index (χ3v) is 7.84. The molecule has 0 radical (unpaired) electrons. The molecule has 34 heavy (non-hydrogen) atoms. The molecule has 2 aliphatic rings. The number of amides is 1. The summed E-state index contributed by atoms with van der Waals surface area (Å²) in [5, 5.41) is 1.46. The van der Waals surface area contributed by atoms with E-state index in [4.69, 9.17) is 23.2 Å². The average Bonchev–Trinajstić information content (AvgIpc) is 2.80. The Hall–Kier alpha value is -2.55. The van der Waals surface area contributed by atoms with Crippen LogP contribution in [0.25, 0.3) is 22.0 Å². The number of anilines is 1. The summed E-state index contributed by atoms with van der Waals surface area (Å²) < 4.78 is 15.8. The topological polar surface area (TPSA) is 58.4 Å². The van der Waals surface area contributed by atoms with Gasteiger partial charge in [-0.05, 0) is 42.8 Å². The largest absolute Gasteiger partial charge is 0.350 e. The minimum Gasteiger partial charge on any atom is -0.350 e. The van der Waals surface area contributed by atoms with Crippen molar-refractivity contribution < 1.29 is 9.18 Å². The molecule has 0 N–H and O–H groups in total. The van der Waals surface area contributed by atoms with E-state index in [0.717, 1.165) is 15.8 Å². The number of hydrogen-bond acceptors (Lipinski definition) is 5. The minimum atomic E-state index is -0.458. The molecule has 0 aliphatic carbocycles. The Morgan fingerprint density at radius 3 is 2.74 bits per heavy atom. The van der Waals surface area contributed by atoms with Crippen molar-refractivity contribution in [3.8, 4) is 11.1 Å². The van der Waals surface area contributed by atoms with E-state index in [-0.39, 0.29) is 22.7 Å². The number of thioether (sulfide) groups is 1. The number of aryl methyl sites for hydroxylation is 1. The summed E-state index contributed by atoms with van der Waals surface area (Å²) in [5.41, 5.74) is 1.61. The van der Waals surface area contributed by atoms with Gasteiger partial charge in [-0.3, -0.25) is 9.36 Å². The van der Waals surface area contributed by atoms with Gasteiger partial charge in [-0.15, -0.1) is 11.8 Å². The highest BCUT2D eigenvalue weighted by Crippen LogP contribution is 2.46. The third-order valence-electron chi connectivity index (χ3n) is 6.25. The predicted octanol–water partition coefficient (Wildman–Crippen LogP) is 4.84. The van der Waals surface area contributed by atoms with Gasteiger partial charge in [-0.2, -0.15) is 4.98 Å². The molecule has 3 aromatic rings. The highest BCUT2D eigenvalue weighted by Gasteiger charge is 2.31. The number of halogens is 3. The second-order valence-corrected chi connectivity index (χ2v) is 10.3. The molecule has 5 rings (SSSR count). The molecule has 0 saturated carbocycles. The first kappa shape index (κ1) is 23.2. The highest BCUT2D eigenvalue weighted by atomic mass is 35.5. The van der Waals surface area contributed by atoms with Crippen LogP contribution in [-0.4, -0.2) is 51.8 Å². The third kappa shape index (κ3) is 3.87. The zero-order valence-corrected chi connectivity index (χ0v) is 20.7. The number of rotatable bonds is 3. The van der Waals surface area contributed by atoms with E-state index < -0.39 is 5.82 Å². The molecule has 176 valence electrons. The van der Waals surface area contributed by atoms with Crippen LogP contribution in [0.1, 0.15) is 6.92 Å². The molecular weight excluding hydrogens is 498 g/mol. The van der Waals surface area contributed by atoms with Gasteiger partial charge in [0.15, 0.2) is 0 Å². The van der Waals surface area contributed by atoms with E-state index in [0.29, 0.717) is 53.9 Å². The first-order chi connectivity index (χ1) is 16.3. The summed E-state index contributed by atoms with van der Waals surface area (Å²) in [6, 6.07) is 6.04. The first-order valence-electron chi connectivity index (χ1n) is 10.8. The van der Waals surface area contributed by atoms with Crippen LogP contribution >= 0.6 is 35.0 Å². The highest BCUT2D eigenvalue weighted by molar-refractivity contribution is 7.99. The summed E-state index contributed by atoms with van der Waals surface area (Å²) in [4.78, 5) is 34.2. The van der Waals surface area contributed by atoms with Gasteiger partial charge in [0.25, 0.3) is 0 Å². The van der Waals surface area contributed by atoms with Gasteiger partial charge in [0.05, 0.1) is 10.5 Å². The molecule has 2 aliphatic heterocycles. The van der Waals surface area contributed by atoms with E-state index in [1.165, 1.54) is 18.2 Å². The van der Waals surface area contributed by atoms with Gasteiger partial charge in [0.1, 0.15) is 11.6 Å². The van der Waals surface area contributed by atoms with Crippen LogP contribution in [0.5, 0.6) is 0 Å². The van der Waals surface area contributed by atoms with Crippen LogP contribution < -0.4 is 10.6 Å². The van der Waals surface area contributed by atoms with Crippen molar-refractivity contribution in [2.45, 2.75) is 24.4 Å². The molecular formula is C24H21Cl2FN4O2S. The Kier molecular flexibility index (Phi) is 6.08. The van der Waals surface area contributed by atoms with Crippen LogP contribution in [0.2, 0.25) is 10.0 Å². The summed E-state index contributed by atoms with van der Waals surface area (Å²) in [6.45, 7) is 7.59. The number of piperazine rings is 1. The van der Waals surface area contributed by atoms with Crippen molar-refractivity contribution >= 4 is 57.6 Å². The number of benzene rings is 2. The maximum Gasteiger partial charge on any atom is 0.350 e. The fourth-order valence-corrected chi connectivity index (χ4v) is 6.53. The summed E-state index contributed by atoms with van der Waals surface area (Å²) in [7, 11) is 0. The molecule has 1 aromatic heterocycles. The molecule has 6 nitrogen and oxygen atoms in total. The fourth-order valence-electron chi connectivity index (χ4n) is 4.74. The lowest BCUT2D eigenvalue weighted by atomic mass is 10.0. The molecule has 1 saturated heterocycles. The second kappa shape index (κ2) is 8.91. The number of hydrogen-bond donors (Lipinski definition) is 0. The zero-order valence-electron chi connectivity index (χ0n) is 18.4. The van der Waals surface area contributed by atoms with Gasteiger partial charge in [0.2, 0.25) is 5.91 Å². The average molecular weight is 519 g/mol. The van der Waals surface area contributed by atoms with Crippen molar-refractivity contribution in [1.29, 1.82) is 0 Å². The van der Waals surface area contributed by atoms with Gasteiger partial charge < -0.3 is 9.80 Å². The minimum absolute atomic E-state index is 0.0666. The molecule has 10 heteroatoms. The fraction of sp³-hybridized carbons (Fsp3) is 0.292. The van der Waals surface area contributed by atoms with Crippen molar-refractivity contribution in [2.75, 3.05) is 30.3 Å². The summed E-state index contributed by atoms with van der Waals surface area (Å²) in [6.07, 6.45) is 1.31. The van der Waals surface area contributed by atoms with Crippen molar-refractivity contribution in [3.63, 3.8) is 0 Å². The Bertz CT molecular complexity index is 1390. The quantitative estimate of drug-likeness (QED) is 0.464. The molecule has 3 heterocycles. The lowest BCUT2D eigenvalue weighted by molar-refractivity contribution is -0.126. The predicted molar refractivity (Wildman–Crippen MR) is 136 cm³/mol. The number of nitrogens with zero attached hydrogens (tertiary/aromatic N) is 4. The van der Waals surface area contributed by atoms with Crippen LogP contribution in [0.15, 0.2) is 46.6 Å².